The highest BCUT2D eigenvalue weighted by atomic mass is 35.5. The quantitative estimate of drug-likeness (QED) is 0.191. The fourth-order valence-corrected chi connectivity index (χ4v) is 4.15. The van der Waals surface area contributed by atoms with Gasteiger partial charge in [0.1, 0.15) is 0 Å². The van der Waals surface area contributed by atoms with E-state index in [2.05, 4.69) is 51.4 Å². The van der Waals surface area contributed by atoms with Crippen LogP contribution in [-0.2, 0) is 6.42 Å². The third kappa shape index (κ3) is 15.3. The highest BCUT2D eigenvalue weighted by Crippen LogP contribution is 2.16. The second kappa shape index (κ2) is 19.1. The van der Waals surface area contributed by atoms with Gasteiger partial charge < -0.3 is 22.0 Å². The first-order valence-corrected chi connectivity index (χ1v) is 12.6. The Kier molecular flexibility index (Phi) is 18.8. The number of unbranched alkanes of at least 4 members (excludes halogenated alkanes) is 13. The molecule has 0 saturated carbocycles. The lowest BCUT2D eigenvalue weighted by Crippen LogP contribution is -3.00. The summed E-state index contributed by atoms with van der Waals surface area (Å²) in [7, 11) is 4.36. The van der Waals surface area contributed by atoms with Crippen LogP contribution in [-0.4, -0.2) is 36.5 Å². The summed E-state index contributed by atoms with van der Waals surface area (Å²) in [6, 6.07) is 10.5. The molecule has 0 heterocycles. The summed E-state index contributed by atoms with van der Waals surface area (Å²) in [4.78, 5) is 0. The molecule has 1 N–H and O–H groups in total. The zero-order chi connectivity index (χ0) is 21.2. The number of rotatable bonds is 19. The SMILES string of the molecule is CCCCCCCCCCCCCCCC[N+](C)(C)[C@@H](O)CCc1ccccc1.[Cl-]. The lowest BCUT2D eigenvalue weighted by atomic mass is 10.0. The highest BCUT2D eigenvalue weighted by molar-refractivity contribution is 5.14. The first-order valence-electron chi connectivity index (χ1n) is 12.6. The number of hydrogen-bond acceptors (Lipinski definition) is 1. The summed E-state index contributed by atoms with van der Waals surface area (Å²) in [6.07, 6.45) is 21.1. The average Bonchev–Trinajstić information content (AvgIpc) is 2.73. The van der Waals surface area contributed by atoms with Gasteiger partial charge in [-0.25, -0.2) is 0 Å². The van der Waals surface area contributed by atoms with Crippen LogP contribution in [0, 0.1) is 0 Å². The summed E-state index contributed by atoms with van der Waals surface area (Å²) in [6.45, 7) is 3.37. The van der Waals surface area contributed by atoms with Crippen molar-refractivity contribution < 1.29 is 22.0 Å². The summed E-state index contributed by atoms with van der Waals surface area (Å²) in [5.74, 6) is 0. The Balaban J connectivity index is 0.00000841. The van der Waals surface area contributed by atoms with E-state index < -0.39 is 0 Å². The van der Waals surface area contributed by atoms with Crippen molar-refractivity contribution in [2.24, 2.45) is 0 Å². The molecule has 1 aromatic carbocycles. The monoisotopic (exact) mass is 439 g/mol. The number of aliphatic hydroxyl groups is 1. The number of halogens is 1. The van der Waals surface area contributed by atoms with Gasteiger partial charge in [0.05, 0.1) is 20.6 Å². The van der Waals surface area contributed by atoms with Crippen molar-refractivity contribution in [3.63, 3.8) is 0 Å². The van der Waals surface area contributed by atoms with Crippen molar-refractivity contribution in [3.05, 3.63) is 35.9 Å². The maximum Gasteiger partial charge on any atom is 0.190 e. The van der Waals surface area contributed by atoms with Gasteiger partial charge in [0, 0.05) is 6.42 Å². The van der Waals surface area contributed by atoms with Crippen LogP contribution in [0.1, 0.15) is 109 Å². The van der Waals surface area contributed by atoms with E-state index in [1.165, 1.54) is 95.5 Å². The molecule has 1 atom stereocenters. The van der Waals surface area contributed by atoms with Crippen LogP contribution in [0.25, 0.3) is 0 Å². The maximum atomic E-state index is 10.6. The summed E-state index contributed by atoms with van der Waals surface area (Å²) in [5, 5.41) is 10.6. The molecular formula is C27H50ClNO. The van der Waals surface area contributed by atoms with Gasteiger partial charge in [-0.15, -0.1) is 0 Å². The van der Waals surface area contributed by atoms with E-state index in [1.807, 2.05) is 0 Å². The third-order valence-corrected chi connectivity index (χ3v) is 6.43. The van der Waals surface area contributed by atoms with Crippen LogP contribution in [0.15, 0.2) is 30.3 Å². The number of aryl methyl sites for hydroxylation is 1. The maximum absolute atomic E-state index is 10.6. The molecule has 176 valence electrons. The molecule has 1 rings (SSSR count). The van der Waals surface area contributed by atoms with Crippen molar-refractivity contribution in [2.75, 3.05) is 20.6 Å². The molecule has 1 aromatic rings. The molecule has 2 nitrogen and oxygen atoms in total. The minimum atomic E-state index is -0.267. The second-order valence-corrected chi connectivity index (χ2v) is 9.60. The largest absolute Gasteiger partial charge is 1.00 e. The number of quaternary nitrogens is 1. The predicted octanol–water partition coefficient (Wildman–Crippen LogP) is 4.50. The first kappa shape index (κ1) is 29.4. The van der Waals surface area contributed by atoms with E-state index in [0.29, 0.717) is 0 Å². The topological polar surface area (TPSA) is 20.2 Å². The van der Waals surface area contributed by atoms with Gasteiger partial charge in [-0.2, -0.15) is 0 Å². The Morgan fingerprint density at radius 1 is 0.700 bits per heavy atom. The van der Waals surface area contributed by atoms with Gasteiger partial charge in [-0.1, -0.05) is 114 Å². The molecule has 0 unspecified atom stereocenters. The van der Waals surface area contributed by atoms with E-state index >= 15 is 0 Å². The normalized spacial score (nSPS) is 12.5. The number of hydrogen-bond donors (Lipinski definition) is 1. The van der Waals surface area contributed by atoms with E-state index in [-0.39, 0.29) is 18.6 Å². The van der Waals surface area contributed by atoms with Crippen molar-refractivity contribution in [3.8, 4) is 0 Å². The predicted molar refractivity (Wildman–Crippen MR) is 128 cm³/mol. The van der Waals surface area contributed by atoms with Crippen molar-refractivity contribution >= 4 is 0 Å². The smallest absolute Gasteiger partial charge is 0.190 e. The molecule has 0 radical (unpaired) electrons. The second-order valence-electron chi connectivity index (χ2n) is 9.60. The molecule has 0 fully saturated rings. The summed E-state index contributed by atoms with van der Waals surface area (Å²) in [5.41, 5.74) is 1.32. The molecule has 0 spiro atoms. The van der Waals surface area contributed by atoms with Gasteiger partial charge in [-0.05, 0) is 24.8 Å². The lowest BCUT2D eigenvalue weighted by molar-refractivity contribution is -0.937. The van der Waals surface area contributed by atoms with Gasteiger partial charge in [0.25, 0.3) is 0 Å². The van der Waals surface area contributed by atoms with Crippen LogP contribution in [0.5, 0.6) is 0 Å². The zero-order valence-corrected chi connectivity index (χ0v) is 21.0. The van der Waals surface area contributed by atoms with E-state index in [1.54, 1.807) is 0 Å². The fourth-order valence-electron chi connectivity index (χ4n) is 4.15. The standard InChI is InChI=1S/C27H50NO.ClH/c1-4-5-6-7-8-9-10-11-12-13-14-15-16-20-25-28(2,3)27(29)24-23-26-21-18-17-19-22-26;/h17-19,21-22,27,29H,4-16,20,23-25H2,1-3H3;1H/q+1;/p-1/t27-;/m0./s1. The minimum Gasteiger partial charge on any atom is -1.00 e. The van der Waals surface area contributed by atoms with Crippen molar-refractivity contribution in [1.29, 1.82) is 0 Å². The molecule has 0 amide bonds. The van der Waals surface area contributed by atoms with Gasteiger partial charge in [0.2, 0.25) is 0 Å². The minimum absolute atomic E-state index is 0. The van der Waals surface area contributed by atoms with E-state index in [0.717, 1.165) is 23.9 Å². The lowest BCUT2D eigenvalue weighted by Gasteiger charge is -2.35. The summed E-state index contributed by atoms with van der Waals surface area (Å²) >= 11 is 0. The fraction of sp³-hybridized carbons (Fsp3) is 0.778. The van der Waals surface area contributed by atoms with Crippen LogP contribution in [0.4, 0.5) is 0 Å². The number of nitrogens with zero attached hydrogens (tertiary/aromatic N) is 1. The van der Waals surface area contributed by atoms with E-state index in [4.69, 9.17) is 0 Å². The molecule has 0 aliphatic heterocycles. The van der Waals surface area contributed by atoms with Crippen LogP contribution >= 0.6 is 0 Å². The molecule has 0 aromatic heterocycles. The number of benzene rings is 1. The van der Waals surface area contributed by atoms with Gasteiger partial charge >= 0.3 is 0 Å². The Hall–Kier alpha value is -0.570. The van der Waals surface area contributed by atoms with Crippen LogP contribution < -0.4 is 12.4 Å². The molecular weight excluding hydrogens is 390 g/mol. The molecule has 30 heavy (non-hydrogen) atoms. The Morgan fingerprint density at radius 3 is 1.60 bits per heavy atom. The zero-order valence-electron chi connectivity index (χ0n) is 20.3. The Morgan fingerprint density at radius 2 is 1.13 bits per heavy atom. The number of aliphatic hydroxyl groups excluding tert-OH is 1. The molecule has 3 heteroatoms. The highest BCUT2D eigenvalue weighted by Gasteiger charge is 2.24. The molecule has 0 saturated heterocycles. The molecule has 0 bridgehead atoms. The van der Waals surface area contributed by atoms with Gasteiger partial charge in [0.15, 0.2) is 6.23 Å². The van der Waals surface area contributed by atoms with Crippen molar-refractivity contribution in [1.82, 2.24) is 0 Å². The van der Waals surface area contributed by atoms with E-state index in [9.17, 15) is 5.11 Å². The summed E-state index contributed by atoms with van der Waals surface area (Å²) < 4.78 is 0.727. The molecule has 0 aliphatic rings. The Bertz CT molecular complexity index is 477. The van der Waals surface area contributed by atoms with Crippen molar-refractivity contribution in [2.45, 2.75) is 116 Å². The third-order valence-electron chi connectivity index (χ3n) is 6.43. The first-order chi connectivity index (χ1) is 14.1. The van der Waals surface area contributed by atoms with Gasteiger partial charge in [-0.3, -0.25) is 0 Å². The van der Waals surface area contributed by atoms with Crippen LogP contribution in [0.3, 0.4) is 0 Å². The molecule has 0 aliphatic carbocycles. The van der Waals surface area contributed by atoms with Crippen LogP contribution in [0.2, 0.25) is 0 Å². The average molecular weight is 440 g/mol. The Labute approximate surface area is 194 Å².